The number of hydrogen-bond acceptors (Lipinski definition) is 3. The first kappa shape index (κ1) is 15.9. The zero-order chi connectivity index (χ0) is 17.7. The Labute approximate surface area is 154 Å². The molecule has 3 aromatic rings. The van der Waals surface area contributed by atoms with Crippen molar-refractivity contribution in [1.29, 1.82) is 0 Å². The third-order valence-corrected chi connectivity index (χ3v) is 6.47. The topological polar surface area (TPSA) is 33.1 Å². The van der Waals surface area contributed by atoms with Gasteiger partial charge in [-0.05, 0) is 74.7 Å². The summed E-state index contributed by atoms with van der Waals surface area (Å²) in [5.74, 6) is 1.79. The Kier molecular flexibility index (Phi) is 3.75. The molecule has 3 fully saturated rings. The number of rotatable bonds is 3. The molecule has 3 aliphatic heterocycles. The monoisotopic (exact) mass is 346 g/mol. The van der Waals surface area contributed by atoms with Gasteiger partial charge in [0.1, 0.15) is 5.82 Å². The van der Waals surface area contributed by atoms with Crippen LogP contribution in [0.3, 0.4) is 0 Å². The number of aryl methyl sites for hydroxylation is 1. The number of nitrogens with zero attached hydrogens (tertiary/aromatic N) is 3. The number of hydrogen-bond donors (Lipinski definition) is 1. The Morgan fingerprint density at radius 1 is 1.04 bits per heavy atom. The molecule has 0 saturated carbocycles. The first-order valence-electron chi connectivity index (χ1n) is 9.71. The number of nitrogens with one attached hydrogen (secondary N) is 1. The van der Waals surface area contributed by atoms with E-state index >= 15 is 0 Å². The molecule has 2 bridgehead atoms. The van der Waals surface area contributed by atoms with Crippen LogP contribution in [-0.4, -0.2) is 39.6 Å². The third kappa shape index (κ3) is 2.60. The molecular formula is C22H26N4. The number of fused-ring (bicyclic) bond motifs is 4. The van der Waals surface area contributed by atoms with Crippen molar-refractivity contribution in [1.82, 2.24) is 14.5 Å². The van der Waals surface area contributed by atoms with Gasteiger partial charge in [0.15, 0.2) is 0 Å². The molecule has 0 amide bonds. The Morgan fingerprint density at radius 2 is 1.85 bits per heavy atom. The quantitative estimate of drug-likeness (QED) is 0.774. The Morgan fingerprint density at radius 3 is 2.58 bits per heavy atom. The highest BCUT2D eigenvalue weighted by Crippen LogP contribution is 2.34. The lowest BCUT2D eigenvalue weighted by atomic mass is 9.79. The van der Waals surface area contributed by atoms with E-state index in [-0.39, 0.29) is 0 Å². The van der Waals surface area contributed by atoms with Crippen LogP contribution >= 0.6 is 0 Å². The van der Waals surface area contributed by atoms with Crippen molar-refractivity contribution < 1.29 is 0 Å². The van der Waals surface area contributed by atoms with Crippen LogP contribution in [0.25, 0.3) is 22.0 Å². The summed E-state index contributed by atoms with van der Waals surface area (Å²) in [4.78, 5) is 7.33. The predicted octanol–water partition coefficient (Wildman–Crippen LogP) is 4.13. The van der Waals surface area contributed by atoms with E-state index in [1.165, 1.54) is 48.0 Å². The van der Waals surface area contributed by atoms with Crippen LogP contribution in [-0.2, 0) is 7.05 Å². The molecule has 1 N–H and O–H groups in total. The minimum atomic E-state index is 0.525. The van der Waals surface area contributed by atoms with Crippen molar-refractivity contribution in [3.05, 3.63) is 48.8 Å². The molecule has 134 valence electrons. The van der Waals surface area contributed by atoms with Gasteiger partial charge in [-0.2, -0.15) is 0 Å². The van der Waals surface area contributed by atoms with Gasteiger partial charge in [0.25, 0.3) is 0 Å². The van der Waals surface area contributed by atoms with E-state index < -0.39 is 0 Å². The number of benzene rings is 1. The van der Waals surface area contributed by atoms with Gasteiger partial charge in [-0.3, -0.25) is 4.90 Å². The number of pyridine rings is 1. The SMILES string of the molecule is CC1C(Nc2ccc(-c3ccc4c(ccn4C)c3)cn2)C2CCN1CC2. The lowest BCUT2D eigenvalue weighted by Gasteiger charge is -2.50. The number of anilines is 1. The van der Waals surface area contributed by atoms with E-state index in [0.717, 1.165) is 11.7 Å². The molecule has 3 saturated heterocycles. The van der Waals surface area contributed by atoms with Crippen molar-refractivity contribution in [2.45, 2.75) is 31.8 Å². The average molecular weight is 346 g/mol. The molecule has 26 heavy (non-hydrogen) atoms. The highest BCUT2D eigenvalue weighted by molar-refractivity contribution is 5.85. The van der Waals surface area contributed by atoms with Crippen LogP contribution in [0, 0.1) is 5.92 Å². The fraction of sp³-hybridized carbons (Fsp3) is 0.409. The van der Waals surface area contributed by atoms with Crippen LogP contribution in [0.5, 0.6) is 0 Å². The van der Waals surface area contributed by atoms with Gasteiger partial charge in [-0.25, -0.2) is 4.98 Å². The zero-order valence-corrected chi connectivity index (χ0v) is 15.5. The van der Waals surface area contributed by atoms with Gasteiger partial charge >= 0.3 is 0 Å². The maximum atomic E-state index is 4.72. The smallest absolute Gasteiger partial charge is 0.126 e. The summed E-state index contributed by atoms with van der Waals surface area (Å²) in [6, 6.07) is 14.2. The summed E-state index contributed by atoms with van der Waals surface area (Å²) in [5, 5.41) is 4.99. The molecule has 0 aliphatic carbocycles. The molecule has 4 nitrogen and oxygen atoms in total. The maximum Gasteiger partial charge on any atom is 0.126 e. The summed E-state index contributed by atoms with van der Waals surface area (Å²) >= 11 is 0. The second-order valence-corrected chi connectivity index (χ2v) is 7.92. The molecule has 2 atom stereocenters. The van der Waals surface area contributed by atoms with Gasteiger partial charge in [-0.1, -0.05) is 6.07 Å². The third-order valence-electron chi connectivity index (χ3n) is 6.47. The van der Waals surface area contributed by atoms with E-state index in [1.807, 2.05) is 6.20 Å². The standard InChI is InChI=1S/C22H26N4/c1-15-22(16-8-11-26(15)12-9-16)24-21-6-4-19(14-23-21)17-3-5-20-18(13-17)7-10-25(20)2/h3-7,10,13-16,22H,8-9,11-12H2,1-2H3,(H,23,24). The molecule has 3 aliphatic rings. The first-order valence-corrected chi connectivity index (χ1v) is 9.71. The van der Waals surface area contributed by atoms with E-state index in [1.54, 1.807) is 0 Å². The fourth-order valence-corrected chi connectivity index (χ4v) is 4.83. The molecule has 0 spiro atoms. The molecular weight excluding hydrogens is 320 g/mol. The molecule has 6 rings (SSSR count). The van der Waals surface area contributed by atoms with Crippen LogP contribution in [0.4, 0.5) is 5.82 Å². The predicted molar refractivity (Wildman–Crippen MR) is 107 cm³/mol. The van der Waals surface area contributed by atoms with Crippen LogP contribution < -0.4 is 5.32 Å². The lowest BCUT2D eigenvalue weighted by molar-refractivity contribution is 0.0457. The van der Waals surface area contributed by atoms with Gasteiger partial charge < -0.3 is 9.88 Å². The molecule has 2 unspecified atom stereocenters. The number of piperidine rings is 3. The highest BCUT2D eigenvalue weighted by Gasteiger charge is 2.39. The van der Waals surface area contributed by atoms with E-state index in [0.29, 0.717) is 12.1 Å². The Hall–Kier alpha value is -2.33. The van der Waals surface area contributed by atoms with Crippen LogP contribution in [0.2, 0.25) is 0 Å². The molecule has 0 radical (unpaired) electrons. The summed E-state index contributed by atoms with van der Waals surface area (Å²) in [6.45, 7) is 4.88. The van der Waals surface area contributed by atoms with E-state index in [9.17, 15) is 0 Å². The first-order chi connectivity index (χ1) is 12.7. The molecule has 4 heteroatoms. The molecule has 5 heterocycles. The Balaban J connectivity index is 1.36. The van der Waals surface area contributed by atoms with E-state index in [4.69, 9.17) is 4.98 Å². The minimum Gasteiger partial charge on any atom is -0.365 e. The second kappa shape index (κ2) is 6.13. The second-order valence-electron chi connectivity index (χ2n) is 7.92. The summed E-state index contributed by atoms with van der Waals surface area (Å²) < 4.78 is 2.15. The van der Waals surface area contributed by atoms with Gasteiger partial charge in [-0.15, -0.1) is 0 Å². The average Bonchev–Trinajstić information content (AvgIpc) is 3.06. The van der Waals surface area contributed by atoms with Crippen molar-refractivity contribution in [3.63, 3.8) is 0 Å². The molecule has 2 aromatic heterocycles. The van der Waals surface area contributed by atoms with Crippen molar-refractivity contribution in [3.8, 4) is 11.1 Å². The fourth-order valence-electron chi connectivity index (χ4n) is 4.83. The minimum absolute atomic E-state index is 0.525. The summed E-state index contributed by atoms with van der Waals surface area (Å²) in [5.41, 5.74) is 3.65. The van der Waals surface area contributed by atoms with Crippen LogP contribution in [0.15, 0.2) is 48.8 Å². The number of aromatic nitrogens is 2. The maximum absolute atomic E-state index is 4.72. The van der Waals surface area contributed by atoms with E-state index in [2.05, 4.69) is 71.4 Å². The van der Waals surface area contributed by atoms with Crippen LogP contribution in [0.1, 0.15) is 19.8 Å². The van der Waals surface area contributed by atoms with Crippen molar-refractivity contribution >= 4 is 16.7 Å². The summed E-state index contributed by atoms with van der Waals surface area (Å²) in [7, 11) is 2.08. The summed E-state index contributed by atoms with van der Waals surface area (Å²) in [6.07, 6.45) is 6.74. The lowest BCUT2D eigenvalue weighted by Crippen LogP contribution is -2.59. The zero-order valence-electron chi connectivity index (χ0n) is 15.5. The largest absolute Gasteiger partial charge is 0.365 e. The Bertz CT molecular complexity index is 917. The normalized spacial score (nSPS) is 27.8. The van der Waals surface area contributed by atoms with Gasteiger partial charge in [0.2, 0.25) is 0 Å². The molecule has 1 aromatic carbocycles. The van der Waals surface area contributed by atoms with Gasteiger partial charge in [0, 0.05) is 48.0 Å². The highest BCUT2D eigenvalue weighted by atomic mass is 15.2. The van der Waals surface area contributed by atoms with Crippen molar-refractivity contribution in [2.24, 2.45) is 13.0 Å². The van der Waals surface area contributed by atoms with Crippen molar-refractivity contribution in [2.75, 3.05) is 18.4 Å². The van der Waals surface area contributed by atoms with Gasteiger partial charge in [0.05, 0.1) is 0 Å².